The SMILES string of the molecule is Cc1ccc2c(c1)C(=O)N(CCC(=O)NNC(=O)c1nn(-c3ccccc3)cc1O)C2=O. The lowest BCUT2D eigenvalue weighted by Crippen LogP contribution is -2.43. The largest absolute Gasteiger partial charge is 0.504 e. The summed E-state index contributed by atoms with van der Waals surface area (Å²) in [7, 11) is 0. The molecule has 0 aliphatic carbocycles. The number of rotatable bonds is 5. The Labute approximate surface area is 182 Å². The van der Waals surface area contributed by atoms with Gasteiger partial charge in [-0.05, 0) is 31.2 Å². The Balaban J connectivity index is 1.32. The third-order valence-corrected chi connectivity index (χ3v) is 4.93. The fourth-order valence-electron chi connectivity index (χ4n) is 3.31. The van der Waals surface area contributed by atoms with Crippen molar-refractivity contribution in [3.05, 3.63) is 77.1 Å². The molecule has 2 heterocycles. The highest BCUT2D eigenvalue weighted by Gasteiger charge is 2.35. The van der Waals surface area contributed by atoms with Crippen LogP contribution in [0.3, 0.4) is 0 Å². The van der Waals surface area contributed by atoms with Crippen LogP contribution in [-0.4, -0.2) is 50.0 Å². The zero-order valence-electron chi connectivity index (χ0n) is 17.0. The number of aromatic hydroxyl groups is 1. The van der Waals surface area contributed by atoms with E-state index in [-0.39, 0.29) is 24.4 Å². The number of carbonyl (C=O) groups excluding carboxylic acids is 4. The van der Waals surface area contributed by atoms with Crippen LogP contribution < -0.4 is 10.9 Å². The summed E-state index contributed by atoms with van der Waals surface area (Å²) < 4.78 is 1.33. The Morgan fingerprint density at radius 1 is 1.00 bits per heavy atom. The highest BCUT2D eigenvalue weighted by Crippen LogP contribution is 2.24. The number of hydrazine groups is 1. The fourth-order valence-corrected chi connectivity index (χ4v) is 3.31. The predicted octanol–water partition coefficient (Wildman–Crippen LogP) is 1.33. The van der Waals surface area contributed by atoms with Crippen LogP contribution in [0.2, 0.25) is 0 Å². The molecule has 0 unspecified atom stereocenters. The molecule has 4 rings (SSSR count). The average Bonchev–Trinajstić information content (AvgIpc) is 3.29. The monoisotopic (exact) mass is 433 g/mol. The van der Waals surface area contributed by atoms with Gasteiger partial charge in [0.15, 0.2) is 11.4 Å². The maximum Gasteiger partial charge on any atom is 0.294 e. The zero-order chi connectivity index (χ0) is 22.8. The number of carbonyl (C=O) groups is 4. The maximum atomic E-state index is 12.4. The van der Waals surface area contributed by atoms with Gasteiger partial charge in [0.25, 0.3) is 17.7 Å². The summed E-state index contributed by atoms with van der Waals surface area (Å²) in [5.74, 6) is -2.71. The first kappa shape index (κ1) is 20.8. The van der Waals surface area contributed by atoms with Crippen LogP contribution >= 0.6 is 0 Å². The van der Waals surface area contributed by atoms with Crippen LogP contribution in [0.25, 0.3) is 5.69 Å². The second-order valence-corrected chi connectivity index (χ2v) is 7.21. The van der Waals surface area contributed by atoms with E-state index in [1.54, 1.807) is 42.5 Å². The van der Waals surface area contributed by atoms with Crippen LogP contribution in [0.15, 0.2) is 54.7 Å². The molecule has 10 heteroatoms. The molecule has 2 aromatic carbocycles. The smallest absolute Gasteiger partial charge is 0.294 e. The van der Waals surface area contributed by atoms with E-state index in [9.17, 15) is 24.3 Å². The molecule has 3 N–H and O–H groups in total. The van der Waals surface area contributed by atoms with Gasteiger partial charge in [-0.1, -0.05) is 29.8 Å². The molecule has 0 spiro atoms. The number of hydrogen-bond donors (Lipinski definition) is 3. The third kappa shape index (κ3) is 3.93. The summed E-state index contributed by atoms with van der Waals surface area (Å²) >= 11 is 0. The van der Waals surface area contributed by atoms with Crippen LogP contribution in [0.1, 0.15) is 43.2 Å². The van der Waals surface area contributed by atoms with E-state index in [0.29, 0.717) is 16.8 Å². The lowest BCUT2D eigenvalue weighted by Gasteiger charge is -2.13. The summed E-state index contributed by atoms with van der Waals surface area (Å²) in [6.07, 6.45) is 1.06. The van der Waals surface area contributed by atoms with Crippen molar-refractivity contribution < 1.29 is 24.3 Å². The van der Waals surface area contributed by atoms with Crippen molar-refractivity contribution in [2.45, 2.75) is 13.3 Å². The highest BCUT2D eigenvalue weighted by molar-refractivity contribution is 6.21. The maximum absolute atomic E-state index is 12.4. The number of fused-ring (bicyclic) bond motifs is 1. The molecular formula is C22H19N5O5. The third-order valence-electron chi connectivity index (χ3n) is 4.93. The highest BCUT2D eigenvalue weighted by atomic mass is 16.3. The first-order valence-electron chi connectivity index (χ1n) is 9.75. The lowest BCUT2D eigenvalue weighted by atomic mass is 10.1. The minimum atomic E-state index is -0.818. The van der Waals surface area contributed by atoms with Gasteiger partial charge in [0.2, 0.25) is 5.91 Å². The quantitative estimate of drug-likeness (QED) is 0.411. The molecule has 0 atom stereocenters. The number of imide groups is 1. The van der Waals surface area contributed by atoms with E-state index < -0.39 is 23.6 Å². The number of aryl methyl sites for hydroxylation is 1. The summed E-state index contributed by atoms with van der Waals surface area (Å²) in [6, 6.07) is 13.8. The second kappa shape index (κ2) is 8.34. The molecule has 32 heavy (non-hydrogen) atoms. The Morgan fingerprint density at radius 3 is 2.47 bits per heavy atom. The van der Waals surface area contributed by atoms with Crippen molar-refractivity contribution in [2.75, 3.05) is 6.54 Å². The van der Waals surface area contributed by atoms with Crippen molar-refractivity contribution in [3.8, 4) is 11.4 Å². The van der Waals surface area contributed by atoms with E-state index in [1.165, 1.54) is 10.9 Å². The van der Waals surface area contributed by atoms with Crippen molar-refractivity contribution in [1.29, 1.82) is 0 Å². The first-order chi connectivity index (χ1) is 15.3. The summed E-state index contributed by atoms with van der Waals surface area (Å²) in [5.41, 5.74) is 6.19. The van der Waals surface area contributed by atoms with Crippen LogP contribution in [0.4, 0.5) is 0 Å². The molecule has 4 amide bonds. The topological polar surface area (TPSA) is 134 Å². The zero-order valence-corrected chi connectivity index (χ0v) is 17.0. The van der Waals surface area contributed by atoms with Crippen LogP contribution in [0, 0.1) is 6.92 Å². The van der Waals surface area contributed by atoms with Crippen molar-refractivity contribution in [3.63, 3.8) is 0 Å². The van der Waals surface area contributed by atoms with E-state index in [1.807, 2.05) is 13.0 Å². The number of aromatic nitrogens is 2. The van der Waals surface area contributed by atoms with Gasteiger partial charge in [-0.3, -0.25) is 34.9 Å². The van der Waals surface area contributed by atoms with Gasteiger partial charge in [-0.25, -0.2) is 4.68 Å². The van der Waals surface area contributed by atoms with Gasteiger partial charge in [0, 0.05) is 13.0 Å². The van der Waals surface area contributed by atoms with Gasteiger partial charge >= 0.3 is 0 Å². The molecular weight excluding hydrogens is 414 g/mol. The van der Waals surface area contributed by atoms with E-state index in [0.717, 1.165) is 10.5 Å². The number of amides is 4. The van der Waals surface area contributed by atoms with E-state index in [4.69, 9.17) is 0 Å². The normalized spacial score (nSPS) is 12.6. The molecule has 0 saturated carbocycles. The summed E-state index contributed by atoms with van der Waals surface area (Å²) in [6.45, 7) is 1.68. The number of para-hydroxylation sites is 1. The Kier molecular flexibility index (Phi) is 5.42. The Hall–Kier alpha value is -4.47. The number of benzene rings is 2. The van der Waals surface area contributed by atoms with E-state index in [2.05, 4.69) is 16.0 Å². The molecule has 1 aliphatic heterocycles. The number of hydrogen-bond acceptors (Lipinski definition) is 6. The minimum Gasteiger partial charge on any atom is -0.504 e. The van der Waals surface area contributed by atoms with Crippen molar-refractivity contribution in [2.24, 2.45) is 0 Å². The van der Waals surface area contributed by atoms with Gasteiger partial charge in [0.05, 0.1) is 23.0 Å². The summed E-state index contributed by atoms with van der Waals surface area (Å²) in [5, 5.41) is 14.0. The van der Waals surface area contributed by atoms with E-state index >= 15 is 0 Å². The van der Waals surface area contributed by atoms with Gasteiger partial charge < -0.3 is 5.11 Å². The van der Waals surface area contributed by atoms with Gasteiger partial charge in [-0.2, -0.15) is 5.10 Å². The van der Waals surface area contributed by atoms with Crippen LogP contribution in [-0.2, 0) is 4.79 Å². The fraction of sp³-hybridized carbons (Fsp3) is 0.136. The second-order valence-electron chi connectivity index (χ2n) is 7.21. The average molecular weight is 433 g/mol. The molecule has 0 fully saturated rings. The van der Waals surface area contributed by atoms with Gasteiger partial charge in [0.1, 0.15) is 0 Å². The molecule has 1 aliphatic rings. The molecule has 0 radical (unpaired) electrons. The standard InChI is InChI=1S/C22H19N5O5/c1-13-7-8-15-16(11-13)22(32)26(21(15)31)10-9-18(29)23-24-20(30)19-17(28)12-27(25-19)14-5-3-2-4-6-14/h2-8,11-12,28H,9-10H2,1H3,(H,23,29)(H,24,30). The minimum absolute atomic E-state index is 0.138. The molecule has 0 bridgehead atoms. The number of nitrogens with one attached hydrogen (secondary N) is 2. The summed E-state index contributed by atoms with van der Waals surface area (Å²) in [4.78, 5) is 50.3. The Bertz CT molecular complexity index is 1230. The number of nitrogens with zero attached hydrogens (tertiary/aromatic N) is 3. The molecule has 3 aromatic rings. The van der Waals surface area contributed by atoms with Crippen molar-refractivity contribution in [1.82, 2.24) is 25.5 Å². The molecule has 1 aromatic heterocycles. The Morgan fingerprint density at radius 2 is 1.72 bits per heavy atom. The van der Waals surface area contributed by atoms with Gasteiger partial charge in [-0.15, -0.1) is 0 Å². The molecule has 0 saturated heterocycles. The first-order valence-corrected chi connectivity index (χ1v) is 9.75. The molecule has 10 nitrogen and oxygen atoms in total. The van der Waals surface area contributed by atoms with Crippen molar-refractivity contribution >= 4 is 23.6 Å². The predicted molar refractivity (Wildman–Crippen MR) is 112 cm³/mol. The lowest BCUT2D eigenvalue weighted by molar-refractivity contribution is -0.121. The van der Waals surface area contributed by atoms with Crippen LogP contribution in [0.5, 0.6) is 5.75 Å². The molecule has 162 valence electrons.